The van der Waals surface area contributed by atoms with E-state index >= 15 is 0 Å². The highest BCUT2D eigenvalue weighted by atomic mass is 16.4. The lowest BCUT2D eigenvalue weighted by Gasteiger charge is -2.12. The Labute approximate surface area is 89.2 Å². The van der Waals surface area contributed by atoms with Crippen LogP contribution in [0.2, 0.25) is 0 Å². The molecule has 1 aliphatic carbocycles. The van der Waals surface area contributed by atoms with E-state index in [1.165, 1.54) is 11.1 Å². The number of carboxylic acid groups (broad SMARTS) is 1. The molecule has 0 spiro atoms. The zero-order valence-corrected chi connectivity index (χ0v) is 8.52. The predicted octanol–water partition coefficient (Wildman–Crippen LogP) is 2.95. The number of carboxylic acids is 1. The first kappa shape index (κ1) is 9.97. The molecule has 0 amide bonds. The van der Waals surface area contributed by atoms with Crippen LogP contribution in [0.15, 0.2) is 36.4 Å². The lowest BCUT2D eigenvalue weighted by molar-refractivity contribution is -0.137. The van der Waals surface area contributed by atoms with Gasteiger partial charge in [-0.2, -0.15) is 0 Å². The Morgan fingerprint density at radius 1 is 1.33 bits per heavy atom. The van der Waals surface area contributed by atoms with E-state index in [1.807, 2.05) is 30.3 Å². The Balaban J connectivity index is 2.18. The molecule has 78 valence electrons. The molecule has 1 aromatic rings. The normalized spacial score (nSPS) is 20.0. The fraction of sp³-hybridized carbons (Fsp3) is 0.308. The van der Waals surface area contributed by atoms with Crippen LogP contribution in [0.4, 0.5) is 0 Å². The smallest absolute Gasteiger partial charge is 0.303 e. The van der Waals surface area contributed by atoms with Crippen LogP contribution < -0.4 is 0 Å². The van der Waals surface area contributed by atoms with Crippen molar-refractivity contribution in [3.63, 3.8) is 0 Å². The third-order valence-corrected chi connectivity index (χ3v) is 2.85. The van der Waals surface area contributed by atoms with Crippen LogP contribution in [0.1, 0.15) is 24.8 Å². The van der Waals surface area contributed by atoms with Gasteiger partial charge in [0.2, 0.25) is 0 Å². The minimum absolute atomic E-state index is 0.199. The monoisotopic (exact) mass is 202 g/mol. The standard InChI is InChI=1S/C13H14O2/c14-13(15)9-11-7-4-8-12(11)10-5-2-1-3-6-10/h1-3,5-6,8,11H,4,7,9H2,(H,14,15)/t11-/m1/s1. The second-order valence-corrected chi connectivity index (χ2v) is 3.90. The second kappa shape index (κ2) is 4.30. The van der Waals surface area contributed by atoms with Crippen LogP contribution in [0, 0.1) is 5.92 Å². The maximum atomic E-state index is 10.7. The third kappa shape index (κ3) is 2.27. The van der Waals surface area contributed by atoms with Crippen molar-refractivity contribution in [2.45, 2.75) is 19.3 Å². The van der Waals surface area contributed by atoms with Crippen molar-refractivity contribution in [1.82, 2.24) is 0 Å². The van der Waals surface area contributed by atoms with Gasteiger partial charge in [-0.1, -0.05) is 36.4 Å². The topological polar surface area (TPSA) is 37.3 Å². The molecule has 0 aliphatic heterocycles. The van der Waals surface area contributed by atoms with Gasteiger partial charge in [-0.05, 0) is 29.9 Å². The molecule has 0 aromatic heterocycles. The van der Waals surface area contributed by atoms with Crippen LogP contribution >= 0.6 is 0 Å². The summed E-state index contributed by atoms with van der Waals surface area (Å²) < 4.78 is 0. The summed E-state index contributed by atoms with van der Waals surface area (Å²) in [5, 5.41) is 8.81. The van der Waals surface area contributed by atoms with E-state index in [0.717, 1.165) is 12.8 Å². The summed E-state index contributed by atoms with van der Waals surface area (Å²) in [6.45, 7) is 0. The van der Waals surface area contributed by atoms with Gasteiger partial charge in [-0.25, -0.2) is 0 Å². The summed E-state index contributed by atoms with van der Waals surface area (Å²) in [5.74, 6) is -0.506. The molecule has 0 saturated carbocycles. The van der Waals surface area contributed by atoms with Crippen molar-refractivity contribution in [2.75, 3.05) is 0 Å². The first-order chi connectivity index (χ1) is 7.27. The van der Waals surface area contributed by atoms with Gasteiger partial charge in [0, 0.05) is 0 Å². The lowest BCUT2D eigenvalue weighted by Crippen LogP contribution is -2.06. The van der Waals surface area contributed by atoms with Gasteiger partial charge < -0.3 is 5.11 Å². The maximum Gasteiger partial charge on any atom is 0.303 e. The largest absolute Gasteiger partial charge is 0.481 e. The summed E-state index contributed by atoms with van der Waals surface area (Å²) in [4.78, 5) is 10.7. The fourth-order valence-corrected chi connectivity index (χ4v) is 2.17. The van der Waals surface area contributed by atoms with Gasteiger partial charge in [0.1, 0.15) is 0 Å². The van der Waals surface area contributed by atoms with Crippen molar-refractivity contribution in [1.29, 1.82) is 0 Å². The number of hydrogen-bond acceptors (Lipinski definition) is 1. The Morgan fingerprint density at radius 3 is 2.73 bits per heavy atom. The quantitative estimate of drug-likeness (QED) is 0.818. The van der Waals surface area contributed by atoms with Gasteiger partial charge in [0.25, 0.3) is 0 Å². The minimum Gasteiger partial charge on any atom is -0.481 e. The van der Waals surface area contributed by atoms with Gasteiger partial charge >= 0.3 is 5.97 Å². The zero-order valence-electron chi connectivity index (χ0n) is 8.52. The molecule has 1 aliphatic rings. The van der Waals surface area contributed by atoms with E-state index in [2.05, 4.69) is 6.08 Å². The van der Waals surface area contributed by atoms with Crippen molar-refractivity contribution in [3.8, 4) is 0 Å². The third-order valence-electron chi connectivity index (χ3n) is 2.85. The van der Waals surface area contributed by atoms with E-state index in [1.54, 1.807) is 0 Å². The molecule has 1 aromatic carbocycles. The maximum absolute atomic E-state index is 10.7. The highest BCUT2D eigenvalue weighted by molar-refractivity contribution is 5.75. The average molecular weight is 202 g/mol. The SMILES string of the molecule is O=C(O)C[C@H]1CCC=C1c1ccccc1. The molecule has 1 N–H and O–H groups in total. The Morgan fingerprint density at radius 2 is 2.07 bits per heavy atom. The first-order valence-corrected chi connectivity index (χ1v) is 5.24. The molecule has 0 saturated heterocycles. The van der Waals surface area contributed by atoms with Crippen molar-refractivity contribution < 1.29 is 9.90 Å². The number of rotatable bonds is 3. The number of benzene rings is 1. The molecule has 2 heteroatoms. The van der Waals surface area contributed by atoms with Crippen molar-refractivity contribution >= 4 is 11.5 Å². The molecule has 2 nitrogen and oxygen atoms in total. The highest BCUT2D eigenvalue weighted by Gasteiger charge is 2.22. The molecule has 0 fully saturated rings. The number of aliphatic carboxylic acids is 1. The Bertz CT molecular complexity index is 379. The molecule has 0 heterocycles. The molecular weight excluding hydrogens is 188 g/mol. The summed E-state index contributed by atoms with van der Waals surface area (Å²) >= 11 is 0. The average Bonchev–Trinajstić information content (AvgIpc) is 2.66. The fourth-order valence-electron chi connectivity index (χ4n) is 2.17. The highest BCUT2D eigenvalue weighted by Crippen LogP contribution is 2.35. The van der Waals surface area contributed by atoms with E-state index in [4.69, 9.17) is 5.11 Å². The van der Waals surface area contributed by atoms with Crippen LogP contribution in [-0.4, -0.2) is 11.1 Å². The number of allylic oxidation sites excluding steroid dienone is 2. The molecule has 0 unspecified atom stereocenters. The minimum atomic E-state index is -0.705. The van der Waals surface area contributed by atoms with E-state index < -0.39 is 5.97 Å². The van der Waals surface area contributed by atoms with Crippen LogP contribution in [0.25, 0.3) is 5.57 Å². The summed E-state index contributed by atoms with van der Waals surface area (Å²) in [7, 11) is 0. The van der Waals surface area contributed by atoms with Crippen LogP contribution in [0.5, 0.6) is 0 Å². The van der Waals surface area contributed by atoms with E-state index in [0.29, 0.717) is 0 Å². The van der Waals surface area contributed by atoms with Gasteiger partial charge in [0.15, 0.2) is 0 Å². The Hall–Kier alpha value is -1.57. The number of carbonyl (C=O) groups is 1. The van der Waals surface area contributed by atoms with Crippen molar-refractivity contribution in [2.24, 2.45) is 5.92 Å². The summed E-state index contributed by atoms with van der Waals surface area (Å²) in [6.07, 6.45) is 4.39. The van der Waals surface area contributed by atoms with Gasteiger partial charge in [0.05, 0.1) is 6.42 Å². The summed E-state index contributed by atoms with van der Waals surface area (Å²) in [5.41, 5.74) is 2.37. The lowest BCUT2D eigenvalue weighted by atomic mass is 9.92. The molecular formula is C13H14O2. The first-order valence-electron chi connectivity index (χ1n) is 5.24. The molecule has 2 rings (SSSR count). The van der Waals surface area contributed by atoms with Gasteiger partial charge in [-0.15, -0.1) is 0 Å². The Kier molecular flexibility index (Phi) is 2.86. The second-order valence-electron chi connectivity index (χ2n) is 3.90. The van der Waals surface area contributed by atoms with Crippen LogP contribution in [0.3, 0.4) is 0 Å². The molecule has 15 heavy (non-hydrogen) atoms. The summed E-state index contributed by atoms with van der Waals surface area (Å²) in [6, 6.07) is 10.1. The molecule has 0 radical (unpaired) electrons. The van der Waals surface area contributed by atoms with Crippen LogP contribution in [-0.2, 0) is 4.79 Å². The van der Waals surface area contributed by atoms with E-state index in [9.17, 15) is 4.79 Å². The van der Waals surface area contributed by atoms with Gasteiger partial charge in [-0.3, -0.25) is 4.79 Å². The van der Waals surface area contributed by atoms with E-state index in [-0.39, 0.29) is 12.3 Å². The zero-order chi connectivity index (χ0) is 10.7. The molecule has 0 bridgehead atoms. The molecule has 1 atom stereocenters. The predicted molar refractivity (Wildman–Crippen MR) is 59.4 cm³/mol. The number of hydrogen-bond donors (Lipinski definition) is 1. The van der Waals surface area contributed by atoms with Crippen molar-refractivity contribution in [3.05, 3.63) is 42.0 Å².